The maximum atomic E-state index is 13.1. The lowest BCUT2D eigenvalue weighted by Gasteiger charge is -2.11. The summed E-state index contributed by atoms with van der Waals surface area (Å²) in [6, 6.07) is 4.40. The van der Waals surface area contributed by atoms with Crippen molar-refractivity contribution < 1.29 is 9.13 Å². The minimum absolute atomic E-state index is 0.316. The summed E-state index contributed by atoms with van der Waals surface area (Å²) in [6.07, 6.45) is 4.93. The molecule has 1 aromatic heterocycles. The molecule has 1 heterocycles. The van der Waals surface area contributed by atoms with Gasteiger partial charge in [0.05, 0.1) is 30.7 Å². The Balaban J connectivity index is 2.09. The summed E-state index contributed by atoms with van der Waals surface area (Å²) in [5, 5.41) is 3.15. The summed E-state index contributed by atoms with van der Waals surface area (Å²) in [6.45, 7) is 2.86. The van der Waals surface area contributed by atoms with Gasteiger partial charge < -0.3 is 10.1 Å². The number of rotatable bonds is 5. The number of ether oxygens (including phenoxy) is 1. The van der Waals surface area contributed by atoms with Gasteiger partial charge in [-0.3, -0.25) is 9.97 Å². The van der Waals surface area contributed by atoms with E-state index >= 15 is 0 Å². The molecule has 0 saturated heterocycles. The van der Waals surface area contributed by atoms with E-state index < -0.39 is 0 Å². The monoisotopic (exact) mass is 247 g/mol. The van der Waals surface area contributed by atoms with Crippen LogP contribution in [0.25, 0.3) is 0 Å². The third-order valence-corrected chi connectivity index (χ3v) is 2.32. The molecule has 0 aliphatic rings. The molecule has 18 heavy (non-hydrogen) atoms. The number of nitrogens with zero attached hydrogens (tertiary/aromatic N) is 2. The van der Waals surface area contributed by atoms with Crippen molar-refractivity contribution in [3.05, 3.63) is 48.3 Å². The van der Waals surface area contributed by atoms with Crippen molar-refractivity contribution in [3.63, 3.8) is 0 Å². The summed E-state index contributed by atoms with van der Waals surface area (Å²) < 4.78 is 18.5. The van der Waals surface area contributed by atoms with E-state index in [0.717, 1.165) is 11.4 Å². The van der Waals surface area contributed by atoms with Gasteiger partial charge in [0.1, 0.15) is 11.6 Å². The Labute approximate surface area is 105 Å². The third-order valence-electron chi connectivity index (χ3n) is 2.32. The van der Waals surface area contributed by atoms with Crippen LogP contribution in [-0.4, -0.2) is 16.6 Å². The molecular weight excluding hydrogens is 233 g/mol. The molecule has 2 rings (SSSR count). The zero-order valence-electron chi connectivity index (χ0n) is 10.1. The molecule has 5 heteroatoms. The highest BCUT2D eigenvalue weighted by atomic mass is 19.1. The van der Waals surface area contributed by atoms with Crippen LogP contribution in [0.2, 0.25) is 0 Å². The van der Waals surface area contributed by atoms with E-state index in [9.17, 15) is 4.39 Å². The molecule has 0 atom stereocenters. The number of anilines is 1. The van der Waals surface area contributed by atoms with Gasteiger partial charge in [-0.1, -0.05) is 0 Å². The Hall–Kier alpha value is -2.17. The van der Waals surface area contributed by atoms with Crippen LogP contribution in [0.15, 0.2) is 36.8 Å². The van der Waals surface area contributed by atoms with Crippen molar-refractivity contribution in [2.24, 2.45) is 0 Å². The second-order valence-electron chi connectivity index (χ2n) is 3.62. The first-order valence-corrected chi connectivity index (χ1v) is 5.70. The normalized spacial score (nSPS) is 10.1. The average Bonchev–Trinajstić information content (AvgIpc) is 2.39. The fraction of sp³-hybridized carbons (Fsp3) is 0.231. The van der Waals surface area contributed by atoms with Gasteiger partial charge in [-0.15, -0.1) is 0 Å². The minimum atomic E-state index is -0.316. The quantitative estimate of drug-likeness (QED) is 0.882. The van der Waals surface area contributed by atoms with Crippen LogP contribution < -0.4 is 10.1 Å². The van der Waals surface area contributed by atoms with E-state index in [4.69, 9.17) is 4.74 Å². The van der Waals surface area contributed by atoms with Gasteiger partial charge >= 0.3 is 0 Å². The summed E-state index contributed by atoms with van der Waals surface area (Å²) in [4.78, 5) is 8.12. The fourth-order valence-electron chi connectivity index (χ4n) is 1.52. The number of halogens is 1. The first-order chi connectivity index (χ1) is 8.79. The maximum Gasteiger partial charge on any atom is 0.145 e. The van der Waals surface area contributed by atoms with Crippen LogP contribution in [0.4, 0.5) is 10.1 Å². The number of benzene rings is 1. The first kappa shape index (κ1) is 12.3. The Morgan fingerprint density at radius 2 is 2.22 bits per heavy atom. The maximum absolute atomic E-state index is 13.1. The van der Waals surface area contributed by atoms with E-state index in [0.29, 0.717) is 18.9 Å². The van der Waals surface area contributed by atoms with Gasteiger partial charge in [0.25, 0.3) is 0 Å². The smallest absolute Gasteiger partial charge is 0.145 e. The Morgan fingerprint density at radius 1 is 1.33 bits per heavy atom. The minimum Gasteiger partial charge on any atom is -0.492 e. The van der Waals surface area contributed by atoms with Crippen LogP contribution in [0.3, 0.4) is 0 Å². The Morgan fingerprint density at radius 3 is 2.94 bits per heavy atom. The SMILES string of the molecule is CCOc1cc(F)ccc1NCc1cnccn1. The standard InChI is InChI=1S/C13H14FN3O/c1-2-18-13-7-10(14)3-4-12(13)17-9-11-8-15-5-6-16-11/h3-8,17H,2,9H2,1H3. The summed E-state index contributed by atoms with van der Waals surface area (Å²) >= 11 is 0. The molecule has 2 aromatic rings. The van der Waals surface area contributed by atoms with Gasteiger partial charge in [-0.05, 0) is 19.1 Å². The van der Waals surface area contributed by atoms with Gasteiger partial charge in [-0.25, -0.2) is 4.39 Å². The topological polar surface area (TPSA) is 47.0 Å². The molecule has 1 N–H and O–H groups in total. The van der Waals surface area contributed by atoms with Crippen LogP contribution in [0.5, 0.6) is 5.75 Å². The highest BCUT2D eigenvalue weighted by molar-refractivity contribution is 5.56. The van der Waals surface area contributed by atoms with Crippen molar-refractivity contribution in [1.82, 2.24) is 9.97 Å². The van der Waals surface area contributed by atoms with Gasteiger partial charge in [-0.2, -0.15) is 0 Å². The van der Waals surface area contributed by atoms with Crippen LogP contribution in [0, 0.1) is 5.82 Å². The largest absolute Gasteiger partial charge is 0.492 e. The van der Waals surface area contributed by atoms with E-state index in [-0.39, 0.29) is 5.82 Å². The number of hydrogen-bond acceptors (Lipinski definition) is 4. The van der Waals surface area contributed by atoms with E-state index in [1.807, 2.05) is 6.92 Å². The molecule has 94 valence electrons. The highest BCUT2D eigenvalue weighted by Crippen LogP contribution is 2.25. The fourth-order valence-corrected chi connectivity index (χ4v) is 1.52. The van der Waals surface area contributed by atoms with E-state index in [1.54, 1.807) is 24.7 Å². The molecule has 0 bridgehead atoms. The number of aromatic nitrogens is 2. The lowest BCUT2D eigenvalue weighted by atomic mass is 10.2. The molecule has 0 unspecified atom stereocenters. The predicted octanol–water partition coefficient (Wildman–Crippen LogP) is 2.63. The second kappa shape index (κ2) is 5.95. The third kappa shape index (κ3) is 3.16. The summed E-state index contributed by atoms with van der Waals surface area (Å²) in [5.41, 5.74) is 1.55. The number of nitrogens with one attached hydrogen (secondary N) is 1. The zero-order valence-corrected chi connectivity index (χ0v) is 10.1. The Kier molecular flexibility index (Phi) is 4.06. The Bertz CT molecular complexity index is 505. The molecule has 0 aliphatic heterocycles. The average molecular weight is 247 g/mol. The first-order valence-electron chi connectivity index (χ1n) is 5.70. The molecule has 4 nitrogen and oxygen atoms in total. The summed E-state index contributed by atoms with van der Waals surface area (Å²) in [5.74, 6) is 0.185. The molecule has 0 radical (unpaired) electrons. The molecule has 0 fully saturated rings. The van der Waals surface area contributed by atoms with Crippen molar-refractivity contribution >= 4 is 5.69 Å². The predicted molar refractivity (Wildman–Crippen MR) is 66.9 cm³/mol. The molecule has 0 saturated carbocycles. The summed E-state index contributed by atoms with van der Waals surface area (Å²) in [7, 11) is 0. The van der Waals surface area contributed by atoms with Crippen molar-refractivity contribution in [3.8, 4) is 5.75 Å². The van der Waals surface area contributed by atoms with Gasteiger partial charge in [0.15, 0.2) is 0 Å². The lowest BCUT2D eigenvalue weighted by molar-refractivity contribution is 0.339. The van der Waals surface area contributed by atoms with Crippen LogP contribution in [0.1, 0.15) is 12.6 Å². The van der Waals surface area contributed by atoms with E-state index in [2.05, 4.69) is 15.3 Å². The van der Waals surface area contributed by atoms with E-state index in [1.165, 1.54) is 12.1 Å². The van der Waals surface area contributed by atoms with Crippen molar-refractivity contribution in [2.75, 3.05) is 11.9 Å². The van der Waals surface area contributed by atoms with Crippen molar-refractivity contribution in [1.29, 1.82) is 0 Å². The molecular formula is C13H14FN3O. The van der Waals surface area contributed by atoms with Gasteiger partial charge in [0, 0.05) is 18.5 Å². The van der Waals surface area contributed by atoms with Crippen LogP contribution >= 0.6 is 0 Å². The molecule has 0 spiro atoms. The molecule has 0 amide bonds. The number of hydrogen-bond donors (Lipinski definition) is 1. The second-order valence-corrected chi connectivity index (χ2v) is 3.62. The zero-order chi connectivity index (χ0) is 12.8. The molecule has 1 aromatic carbocycles. The van der Waals surface area contributed by atoms with Crippen molar-refractivity contribution in [2.45, 2.75) is 13.5 Å². The van der Waals surface area contributed by atoms with Crippen LogP contribution in [-0.2, 0) is 6.54 Å². The highest BCUT2D eigenvalue weighted by Gasteiger charge is 2.05. The molecule has 0 aliphatic carbocycles. The lowest BCUT2D eigenvalue weighted by Crippen LogP contribution is -2.04. The van der Waals surface area contributed by atoms with Gasteiger partial charge in [0.2, 0.25) is 0 Å².